The summed E-state index contributed by atoms with van der Waals surface area (Å²) in [5.41, 5.74) is 1.96. The molecule has 0 aromatic heterocycles. The van der Waals surface area contributed by atoms with Crippen molar-refractivity contribution < 1.29 is 14.3 Å². The summed E-state index contributed by atoms with van der Waals surface area (Å²) in [5.74, 6) is 0.184. The second kappa shape index (κ2) is 8.48. The van der Waals surface area contributed by atoms with Gasteiger partial charge in [0.05, 0.1) is 5.60 Å². The number of benzene rings is 1. The van der Waals surface area contributed by atoms with Crippen LogP contribution < -0.4 is 0 Å². The largest absolute Gasteiger partial charge is 0.376 e. The zero-order valence-corrected chi connectivity index (χ0v) is 15.9. The van der Waals surface area contributed by atoms with Gasteiger partial charge in [0.1, 0.15) is 0 Å². The number of carbonyl (C=O) groups excluding carboxylic acids is 2. The molecule has 1 aromatic rings. The number of likely N-dealkylation sites (tertiary alicyclic amines) is 1. The third kappa shape index (κ3) is 5.05. The molecule has 0 unspecified atom stereocenters. The first kappa shape index (κ1) is 19.4. The molecule has 25 heavy (non-hydrogen) atoms. The fourth-order valence-corrected chi connectivity index (χ4v) is 3.50. The lowest BCUT2D eigenvalue weighted by atomic mass is 9.87. The van der Waals surface area contributed by atoms with E-state index in [1.54, 1.807) is 18.9 Å². The standard InChI is InChI=1S/C20H30N2O3/c1-16-8-5-6-9-18(16)14-21(3)19(24)10-12-20(25-4)11-7-13-22(15-20)17(2)23/h5-6,8-9H,7,10-15H2,1-4H3/t20-/m0/s1. The molecule has 1 atom stereocenters. The summed E-state index contributed by atoms with van der Waals surface area (Å²) in [7, 11) is 3.53. The van der Waals surface area contributed by atoms with Crippen molar-refractivity contribution in [1.82, 2.24) is 9.80 Å². The van der Waals surface area contributed by atoms with E-state index in [1.165, 1.54) is 11.1 Å². The molecule has 0 radical (unpaired) electrons. The minimum Gasteiger partial charge on any atom is -0.376 e. The molecule has 1 aliphatic rings. The van der Waals surface area contributed by atoms with Gasteiger partial charge in [-0.3, -0.25) is 9.59 Å². The molecule has 1 heterocycles. The Bertz CT molecular complexity index is 617. The van der Waals surface area contributed by atoms with Gasteiger partial charge >= 0.3 is 0 Å². The summed E-state index contributed by atoms with van der Waals surface area (Å²) >= 11 is 0. The molecule has 0 N–H and O–H groups in total. The Morgan fingerprint density at radius 3 is 2.68 bits per heavy atom. The highest BCUT2D eigenvalue weighted by molar-refractivity contribution is 5.76. The van der Waals surface area contributed by atoms with Gasteiger partial charge in [-0.05, 0) is 37.3 Å². The number of ether oxygens (including phenoxy) is 1. The molecule has 0 aliphatic carbocycles. The van der Waals surface area contributed by atoms with Crippen LogP contribution in [0.2, 0.25) is 0 Å². The maximum Gasteiger partial charge on any atom is 0.222 e. The third-order valence-electron chi connectivity index (χ3n) is 5.31. The number of hydrogen-bond donors (Lipinski definition) is 0. The molecule has 1 aromatic carbocycles. The average molecular weight is 346 g/mol. The molecule has 5 nitrogen and oxygen atoms in total. The van der Waals surface area contributed by atoms with E-state index in [1.807, 2.05) is 24.1 Å². The molecular formula is C20H30N2O3. The predicted octanol–water partition coefficient (Wildman–Crippen LogP) is 2.76. The summed E-state index contributed by atoms with van der Waals surface area (Å²) < 4.78 is 5.76. The molecule has 0 saturated carbocycles. The van der Waals surface area contributed by atoms with Crippen LogP contribution in [0.25, 0.3) is 0 Å². The molecule has 0 bridgehead atoms. The highest BCUT2D eigenvalue weighted by atomic mass is 16.5. The molecule has 1 fully saturated rings. The zero-order valence-electron chi connectivity index (χ0n) is 15.9. The van der Waals surface area contributed by atoms with Crippen LogP contribution in [0, 0.1) is 6.92 Å². The van der Waals surface area contributed by atoms with Gasteiger partial charge in [-0.1, -0.05) is 24.3 Å². The lowest BCUT2D eigenvalue weighted by Gasteiger charge is -2.41. The first-order valence-corrected chi connectivity index (χ1v) is 8.96. The Hall–Kier alpha value is -1.88. The van der Waals surface area contributed by atoms with E-state index in [4.69, 9.17) is 4.74 Å². The van der Waals surface area contributed by atoms with Crippen LogP contribution in [0.5, 0.6) is 0 Å². The number of carbonyl (C=O) groups is 2. The van der Waals surface area contributed by atoms with Crippen molar-refractivity contribution in [3.05, 3.63) is 35.4 Å². The number of aryl methyl sites for hydroxylation is 1. The van der Waals surface area contributed by atoms with Crippen LogP contribution in [0.3, 0.4) is 0 Å². The average Bonchev–Trinajstić information content (AvgIpc) is 2.61. The fourth-order valence-electron chi connectivity index (χ4n) is 3.50. The molecule has 0 spiro atoms. The maximum absolute atomic E-state index is 12.6. The summed E-state index contributed by atoms with van der Waals surface area (Å²) in [6.45, 7) is 5.62. The van der Waals surface area contributed by atoms with E-state index in [2.05, 4.69) is 19.1 Å². The van der Waals surface area contributed by atoms with E-state index < -0.39 is 5.60 Å². The molecule has 2 rings (SSSR count). The summed E-state index contributed by atoms with van der Waals surface area (Å²) in [6.07, 6.45) is 2.88. The Labute approximate surface area is 150 Å². The lowest BCUT2D eigenvalue weighted by molar-refractivity contribution is -0.140. The van der Waals surface area contributed by atoms with Gasteiger partial charge in [0, 0.05) is 47.1 Å². The van der Waals surface area contributed by atoms with E-state index >= 15 is 0 Å². The van der Waals surface area contributed by atoms with Crippen molar-refractivity contribution in [3.63, 3.8) is 0 Å². The summed E-state index contributed by atoms with van der Waals surface area (Å²) in [4.78, 5) is 27.8. The van der Waals surface area contributed by atoms with Crippen LogP contribution >= 0.6 is 0 Å². The van der Waals surface area contributed by atoms with Crippen LogP contribution in [0.4, 0.5) is 0 Å². The zero-order chi connectivity index (χ0) is 18.4. The van der Waals surface area contributed by atoms with Crippen molar-refractivity contribution >= 4 is 11.8 Å². The number of amides is 2. The summed E-state index contributed by atoms with van der Waals surface area (Å²) in [6, 6.07) is 8.12. The van der Waals surface area contributed by atoms with Crippen LogP contribution in [-0.2, 0) is 20.9 Å². The number of piperidine rings is 1. The number of methoxy groups -OCH3 is 1. The van der Waals surface area contributed by atoms with Gasteiger partial charge in [0.15, 0.2) is 0 Å². The maximum atomic E-state index is 12.6. The van der Waals surface area contributed by atoms with E-state index in [0.717, 1.165) is 19.4 Å². The smallest absolute Gasteiger partial charge is 0.222 e. The Morgan fingerprint density at radius 1 is 1.32 bits per heavy atom. The lowest BCUT2D eigenvalue weighted by Crippen LogP contribution is -2.51. The topological polar surface area (TPSA) is 49.9 Å². The highest BCUT2D eigenvalue weighted by Gasteiger charge is 2.36. The van der Waals surface area contributed by atoms with Crippen LogP contribution in [-0.4, -0.2) is 54.5 Å². The SMILES string of the molecule is CO[C@]1(CCC(=O)N(C)Cc2ccccc2C)CCCN(C(C)=O)C1. The van der Waals surface area contributed by atoms with Gasteiger partial charge in [0.25, 0.3) is 0 Å². The quantitative estimate of drug-likeness (QED) is 0.796. The first-order chi connectivity index (χ1) is 11.9. The van der Waals surface area contributed by atoms with Gasteiger partial charge in [0.2, 0.25) is 11.8 Å². The van der Waals surface area contributed by atoms with Crippen molar-refractivity contribution in [3.8, 4) is 0 Å². The van der Waals surface area contributed by atoms with E-state index in [0.29, 0.717) is 25.9 Å². The van der Waals surface area contributed by atoms with Gasteiger partial charge in [-0.15, -0.1) is 0 Å². The second-order valence-corrected chi connectivity index (χ2v) is 7.11. The van der Waals surface area contributed by atoms with E-state index in [9.17, 15) is 9.59 Å². The van der Waals surface area contributed by atoms with Crippen molar-refractivity contribution in [2.45, 2.75) is 51.7 Å². The van der Waals surface area contributed by atoms with Crippen LogP contribution in [0.15, 0.2) is 24.3 Å². The van der Waals surface area contributed by atoms with Crippen molar-refractivity contribution in [2.75, 3.05) is 27.2 Å². The Balaban J connectivity index is 1.93. The van der Waals surface area contributed by atoms with Gasteiger partial charge in [-0.2, -0.15) is 0 Å². The highest BCUT2D eigenvalue weighted by Crippen LogP contribution is 2.29. The number of nitrogens with zero attached hydrogens (tertiary/aromatic N) is 2. The third-order valence-corrected chi connectivity index (χ3v) is 5.31. The molecule has 138 valence electrons. The number of rotatable bonds is 6. The monoisotopic (exact) mass is 346 g/mol. The van der Waals surface area contributed by atoms with Crippen LogP contribution in [0.1, 0.15) is 43.7 Å². The minimum atomic E-state index is -0.400. The van der Waals surface area contributed by atoms with Crippen molar-refractivity contribution in [1.29, 1.82) is 0 Å². The molecular weight excluding hydrogens is 316 g/mol. The minimum absolute atomic E-state index is 0.0733. The molecule has 2 amide bonds. The van der Waals surface area contributed by atoms with Crippen molar-refractivity contribution in [2.24, 2.45) is 0 Å². The van der Waals surface area contributed by atoms with Gasteiger partial charge in [-0.25, -0.2) is 0 Å². The second-order valence-electron chi connectivity index (χ2n) is 7.11. The summed E-state index contributed by atoms with van der Waals surface area (Å²) in [5, 5.41) is 0. The molecule has 5 heteroatoms. The first-order valence-electron chi connectivity index (χ1n) is 8.96. The number of hydrogen-bond acceptors (Lipinski definition) is 3. The van der Waals surface area contributed by atoms with Gasteiger partial charge < -0.3 is 14.5 Å². The Kier molecular flexibility index (Phi) is 6.59. The van der Waals surface area contributed by atoms with E-state index in [-0.39, 0.29) is 11.8 Å². The molecule has 1 saturated heterocycles. The normalized spacial score (nSPS) is 20.4. The molecule has 1 aliphatic heterocycles. The Morgan fingerprint density at radius 2 is 2.04 bits per heavy atom. The fraction of sp³-hybridized carbons (Fsp3) is 0.600. The predicted molar refractivity (Wildman–Crippen MR) is 98.1 cm³/mol.